The zero-order chi connectivity index (χ0) is 21.5. The first-order chi connectivity index (χ1) is 14.5. The number of imidazole rings is 1. The van der Waals surface area contributed by atoms with Crippen molar-refractivity contribution >= 4 is 5.91 Å². The van der Waals surface area contributed by atoms with Gasteiger partial charge in [-0.1, -0.05) is 18.2 Å². The SMILES string of the molecule is COc1cccc(OC)c1-c1ccc(-n2cncc2C(=O)NCCOC(C)C)cc1. The third-order valence-electron chi connectivity index (χ3n) is 4.57. The number of ether oxygens (including phenoxy) is 3. The highest BCUT2D eigenvalue weighted by molar-refractivity contribution is 5.93. The van der Waals surface area contributed by atoms with Crippen LogP contribution in [0.25, 0.3) is 16.8 Å². The van der Waals surface area contributed by atoms with Crippen LogP contribution in [0.15, 0.2) is 55.0 Å². The fourth-order valence-corrected chi connectivity index (χ4v) is 3.14. The lowest BCUT2D eigenvalue weighted by Crippen LogP contribution is -2.29. The number of aromatic nitrogens is 2. The van der Waals surface area contributed by atoms with E-state index in [1.807, 2.05) is 56.3 Å². The van der Waals surface area contributed by atoms with Crippen LogP contribution in [0.1, 0.15) is 24.3 Å². The maximum Gasteiger partial charge on any atom is 0.270 e. The Bertz CT molecular complexity index is 958. The van der Waals surface area contributed by atoms with Gasteiger partial charge in [0, 0.05) is 12.2 Å². The van der Waals surface area contributed by atoms with Crippen molar-refractivity contribution in [2.45, 2.75) is 20.0 Å². The van der Waals surface area contributed by atoms with Crippen LogP contribution in [0.5, 0.6) is 11.5 Å². The summed E-state index contributed by atoms with van der Waals surface area (Å²) < 4.78 is 18.2. The number of nitrogens with zero attached hydrogens (tertiary/aromatic N) is 2. The quantitative estimate of drug-likeness (QED) is 0.546. The van der Waals surface area contributed by atoms with Crippen molar-refractivity contribution in [2.24, 2.45) is 0 Å². The molecule has 3 rings (SSSR count). The van der Waals surface area contributed by atoms with Crippen LogP contribution >= 0.6 is 0 Å². The third-order valence-corrected chi connectivity index (χ3v) is 4.57. The van der Waals surface area contributed by atoms with Crippen LogP contribution in [0.3, 0.4) is 0 Å². The third kappa shape index (κ3) is 4.80. The molecule has 0 aliphatic heterocycles. The van der Waals surface area contributed by atoms with Crippen molar-refractivity contribution in [2.75, 3.05) is 27.4 Å². The largest absolute Gasteiger partial charge is 0.496 e. The molecule has 2 aromatic carbocycles. The van der Waals surface area contributed by atoms with Gasteiger partial charge in [-0.3, -0.25) is 9.36 Å². The molecule has 0 fully saturated rings. The zero-order valence-corrected chi connectivity index (χ0v) is 17.7. The van der Waals surface area contributed by atoms with Gasteiger partial charge < -0.3 is 19.5 Å². The summed E-state index contributed by atoms with van der Waals surface area (Å²) >= 11 is 0. The Balaban J connectivity index is 1.80. The molecule has 1 heterocycles. The number of amides is 1. The number of hydrogen-bond donors (Lipinski definition) is 1. The highest BCUT2D eigenvalue weighted by Gasteiger charge is 2.15. The van der Waals surface area contributed by atoms with Gasteiger partial charge in [0.25, 0.3) is 5.91 Å². The van der Waals surface area contributed by atoms with E-state index in [1.54, 1.807) is 31.3 Å². The molecular formula is C23H27N3O4. The molecule has 0 atom stereocenters. The van der Waals surface area contributed by atoms with Gasteiger partial charge in [-0.2, -0.15) is 0 Å². The highest BCUT2D eigenvalue weighted by Crippen LogP contribution is 2.38. The molecule has 1 amide bonds. The average molecular weight is 409 g/mol. The summed E-state index contributed by atoms with van der Waals surface area (Å²) in [6.45, 7) is 4.82. The average Bonchev–Trinajstić information content (AvgIpc) is 3.26. The van der Waals surface area contributed by atoms with E-state index in [0.717, 1.165) is 28.3 Å². The first kappa shape index (κ1) is 21.4. The fourth-order valence-electron chi connectivity index (χ4n) is 3.14. The molecule has 3 aromatic rings. The highest BCUT2D eigenvalue weighted by atomic mass is 16.5. The summed E-state index contributed by atoms with van der Waals surface area (Å²) in [6.07, 6.45) is 3.31. The number of nitrogens with one attached hydrogen (secondary N) is 1. The second-order valence-corrected chi connectivity index (χ2v) is 6.91. The Kier molecular flexibility index (Phi) is 7.08. The summed E-state index contributed by atoms with van der Waals surface area (Å²) in [4.78, 5) is 16.7. The van der Waals surface area contributed by atoms with Crippen molar-refractivity contribution < 1.29 is 19.0 Å². The van der Waals surface area contributed by atoms with E-state index in [9.17, 15) is 4.79 Å². The lowest BCUT2D eigenvalue weighted by molar-refractivity contribution is 0.0744. The van der Waals surface area contributed by atoms with E-state index in [1.165, 1.54) is 0 Å². The van der Waals surface area contributed by atoms with Crippen LogP contribution < -0.4 is 14.8 Å². The number of methoxy groups -OCH3 is 2. The van der Waals surface area contributed by atoms with Gasteiger partial charge in [-0.15, -0.1) is 0 Å². The van der Waals surface area contributed by atoms with Crippen molar-refractivity contribution in [3.8, 4) is 28.3 Å². The fraction of sp³-hybridized carbons (Fsp3) is 0.304. The Labute approximate surface area is 176 Å². The molecule has 0 unspecified atom stereocenters. The van der Waals surface area contributed by atoms with Crippen molar-refractivity contribution in [1.82, 2.24) is 14.9 Å². The smallest absolute Gasteiger partial charge is 0.270 e. The Hall–Kier alpha value is -3.32. The van der Waals surface area contributed by atoms with Crippen LogP contribution in [0.4, 0.5) is 0 Å². The molecule has 0 bridgehead atoms. The molecular weight excluding hydrogens is 382 g/mol. The minimum absolute atomic E-state index is 0.132. The molecule has 1 aromatic heterocycles. The molecule has 7 nitrogen and oxygen atoms in total. The zero-order valence-electron chi connectivity index (χ0n) is 17.7. The molecule has 158 valence electrons. The second kappa shape index (κ2) is 9.93. The minimum atomic E-state index is -0.199. The molecule has 0 aliphatic carbocycles. The summed E-state index contributed by atoms with van der Waals surface area (Å²) in [7, 11) is 3.27. The maximum absolute atomic E-state index is 12.5. The minimum Gasteiger partial charge on any atom is -0.496 e. The predicted molar refractivity (Wildman–Crippen MR) is 116 cm³/mol. The lowest BCUT2D eigenvalue weighted by Gasteiger charge is -2.14. The van der Waals surface area contributed by atoms with Crippen molar-refractivity contribution in [3.63, 3.8) is 0 Å². The van der Waals surface area contributed by atoms with E-state index in [2.05, 4.69) is 10.3 Å². The van der Waals surface area contributed by atoms with Gasteiger partial charge in [0.1, 0.15) is 17.2 Å². The van der Waals surface area contributed by atoms with Gasteiger partial charge in [0.05, 0.1) is 45.0 Å². The van der Waals surface area contributed by atoms with Gasteiger partial charge in [-0.25, -0.2) is 4.98 Å². The van der Waals surface area contributed by atoms with Gasteiger partial charge >= 0.3 is 0 Å². The second-order valence-electron chi connectivity index (χ2n) is 6.91. The molecule has 30 heavy (non-hydrogen) atoms. The first-order valence-electron chi connectivity index (χ1n) is 9.79. The standard InChI is InChI=1S/C23H27N3O4/c1-16(2)30-13-12-25-23(27)19-14-24-15-26(19)18-10-8-17(9-11-18)22-20(28-3)6-5-7-21(22)29-4/h5-11,14-16H,12-13H2,1-4H3,(H,25,27). The molecule has 0 saturated carbocycles. The summed E-state index contributed by atoms with van der Waals surface area (Å²) in [5.74, 6) is 1.26. The number of carbonyl (C=O) groups excluding carboxylic acids is 1. The molecule has 0 aliphatic rings. The van der Waals surface area contributed by atoms with Crippen LogP contribution in [0, 0.1) is 0 Å². The summed E-state index contributed by atoms with van der Waals surface area (Å²) in [5, 5.41) is 2.86. The van der Waals surface area contributed by atoms with Crippen LogP contribution in [-0.2, 0) is 4.74 Å². The topological polar surface area (TPSA) is 74.6 Å². The molecule has 0 spiro atoms. The van der Waals surface area contributed by atoms with E-state index < -0.39 is 0 Å². The van der Waals surface area contributed by atoms with Crippen molar-refractivity contribution in [1.29, 1.82) is 0 Å². The van der Waals surface area contributed by atoms with Crippen LogP contribution in [0.2, 0.25) is 0 Å². The lowest BCUT2D eigenvalue weighted by atomic mass is 10.0. The first-order valence-corrected chi connectivity index (χ1v) is 9.79. The van der Waals surface area contributed by atoms with Crippen LogP contribution in [-0.4, -0.2) is 48.9 Å². The normalized spacial score (nSPS) is 10.8. The summed E-state index contributed by atoms with van der Waals surface area (Å²) in [5.41, 5.74) is 3.11. The number of rotatable bonds is 9. The maximum atomic E-state index is 12.5. The number of carbonyl (C=O) groups is 1. The van der Waals surface area contributed by atoms with E-state index >= 15 is 0 Å². The molecule has 7 heteroatoms. The molecule has 1 N–H and O–H groups in total. The van der Waals surface area contributed by atoms with E-state index in [4.69, 9.17) is 14.2 Å². The Morgan fingerprint density at radius 1 is 1.07 bits per heavy atom. The van der Waals surface area contributed by atoms with Gasteiger partial charge in [-0.05, 0) is 43.7 Å². The van der Waals surface area contributed by atoms with Gasteiger partial charge in [0.15, 0.2) is 0 Å². The van der Waals surface area contributed by atoms with E-state index in [-0.39, 0.29) is 12.0 Å². The molecule has 0 radical (unpaired) electrons. The summed E-state index contributed by atoms with van der Waals surface area (Å²) in [6, 6.07) is 13.5. The Morgan fingerprint density at radius 2 is 1.73 bits per heavy atom. The van der Waals surface area contributed by atoms with E-state index in [0.29, 0.717) is 18.8 Å². The van der Waals surface area contributed by atoms with Crippen molar-refractivity contribution in [3.05, 3.63) is 60.7 Å². The number of benzene rings is 2. The monoisotopic (exact) mass is 409 g/mol. The predicted octanol–water partition coefficient (Wildman–Crippen LogP) is 3.71. The Morgan fingerprint density at radius 3 is 2.33 bits per heavy atom. The number of hydrogen-bond acceptors (Lipinski definition) is 5. The van der Waals surface area contributed by atoms with Gasteiger partial charge in [0.2, 0.25) is 0 Å². The molecule has 0 saturated heterocycles.